The Bertz CT molecular complexity index is 398. The molecule has 0 fully saturated rings. The Morgan fingerprint density at radius 1 is 1.16 bits per heavy atom. The van der Waals surface area contributed by atoms with E-state index in [1.54, 1.807) is 0 Å². The molecule has 0 spiro atoms. The van der Waals surface area contributed by atoms with Gasteiger partial charge in [0.2, 0.25) is 0 Å². The third-order valence-corrected chi connectivity index (χ3v) is 4.00. The van der Waals surface area contributed by atoms with Crippen molar-refractivity contribution in [3.05, 3.63) is 29.3 Å². The van der Waals surface area contributed by atoms with Gasteiger partial charge in [-0.2, -0.15) is 0 Å². The molecule has 0 bridgehead atoms. The van der Waals surface area contributed by atoms with E-state index in [1.165, 1.54) is 16.8 Å². The highest BCUT2D eigenvalue weighted by atomic mass is 16.3. The lowest BCUT2D eigenvalue weighted by Gasteiger charge is -2.28. The predicted molar refractivity (Wildman–Crippen MR) is 84.0 cm³/mol. The van der Waals surface area contributed by atoms with Gasteiger partial charge in [0, 0.05) is 31.8 Å². The van der Waals surface area contributed by atoms with Crippen molar-refractivity contribution in [1.82, 2.24) is 0 Å². The van der Waals surface area contributed by atoms with E-state index < -0.39 is 0 Å². The molecule has 0 saturated heterocycles. The number of aliphatic hydroxyl groups is 1. The monoisotopic (exact) mass is 263 g/mol. The molecule has 2 heteroatoms. The number of aliphatic hydroxyl groups excluding tert-OH is 1. The summed E-state index contributed by atoms with van der Waals surface area (Å²) in [7, 11) is 2.12. The normalized spacial score (nSPS) is 13.1. The Kier molecular flexibility index (Phi) is 5.86. The Morgan fingerprint density at radius 3 is 2.26 bits per heavy atom. The van der Waals surface area contributed by atoms with Gasteiger partial charge in [0.05, 0.1) is 0 Å². The topological polar surface area (TPSA) is 23.5 Å². The number of anilines is 1. The third kappa shape index (κ3) is 4.24. The lowest BCUT2D eigenvalue weighted by molar-refractivity contribution is 0.193. The van der Waals surface area contributed by atoms with Crippen LogP contribution in [0.5, 0.6) is 0 Å². The number of aryl methyl sites for hydroxylation is 1. The van der Waals surface area contributed by atoms with E-state index >= 15 is 0 Å². The maximum Gasteiger partial charge on any atom is 0.0478 e. The summed E-state index contributed by atoms with van der Waals surface area (Å²) in [5.41, 5.74) is 3.95. The maximum absolute atomic E-state index is 9.48. The first-order chi connectivity index (χ1) is 8.86. The highest BCUT2D eigenvalue weighted by Crippen LogP contribution is 2.26. The van der Waals surface area contributed by atoms with E-state index in [9.17, 15) is 5.11 Å². The molecule has 0 radical (unpaired) electrons. The standard InChI is InChI=1S/C17H29NO/c1-12(2)15-8-7-14(5)17(9-15)18(6)10-16(11-19)13(3)4/h7-9,12-13,16,19H,10-11H2,1-6H3. The van der Waals surface area contributed by atoms with Gasteiger partial charge in [-0.1, -0.05) is 39.8 Å². The van der Waals surface area contributed by atoms with Gasteiger partial charge in [-0.05, 0) is 36.0 Å². The second kappa shape index (κ2) is 6.95. The summed E-state index contributed by atoms with van der Waals surface area (Å²) >= 11 is 0. The summed E-state index contributed by atoms with van der Waals surface area (Å²) in [4.78, 5) is 2.28. The lowest BCUT2D eigenvalue weighted by atomic mass is 9.95. The van der Waals surface area contributed by atoms with Crippen LogP contribution in [0.15, 0.2) is 18.2 Å². The number of hydrogen-bond acceptors (Lipinski definition) is 2. The van der Waals surface area contributed by atoms with Gasteiger partial charge >= 0.3 is 0 Å². The first-order valence-electron chi connectivity index (χ1n) is 7.29. The van der Waals surface area contributed by atoms with Crippen LogP contribution in [0.25, 0.3) is 0 Å². The van der Waals surface area contributed by atoms with Crippen LogP contribution in [0.2, 0.25) is 0 Å². The minimum absolute atomic E-state index is 0.255. The van der Waals surface area contributed by atoms with Gasteiger partial charge in [-0.15, -0.1) is 0 Å². The minimum Gasteiger partial charge on any atom is -0.396 e. The van der Waals surface area contributed by atoms with Gasteiger partial charge in [0.15, 0.2) is 0 Å². The Labute approximate surface area is 118 Å². The zero-order chi connectivity index (χ0) is 14.6. The fraction of sp³-hybridized carbons (Fsp3) is 0.647. The number of hydrogen-bond donors (Lipinski definition) is 1. The quantitative estimate of drug-likeness (QED) is 0.843. The average molecular weight is 263 g/mol. The highest BCUT2D eigenvalue weighted by Gasteiger charge is 2.16. The van der Waals surface area contributed by atoms with Crippen LogP contribution < -0.4 is 4.90 Å². The van der Waals surface area contributed by atoms with Crippen molar-refractivity contribution >= 4 is 5.69 Å². The largest absolute Gasteiger partial charge is 0.396 e. The van der Waals surface area contributed by atoms with Crippen molar-refractivity contribution in [2.75, 3.05) is 25.1 Å². The number of rotatable bonds is 6. The molecule has 0 aliphatic rings. The molecule has 1 unspecified atom stereocenters. The summed E-state index contributed by atoms with van der Waals surface area (Å²) in [5.74, 6) is 1.37. The molecule has 1 aromatic carbocycles. The van der Waals surface area contributed by atoms with Crippen molar-refractivity contribution in [2.24, 2.45) is 11.8 Å². The Balaban J connectivity index is 2.92. The maximum atomic E-state index is 9.48. The molecule has 2 nitrogen and oxygen atoms in total. The number of benzene rings is 1. The Morgan fingerprint density at radius 2 is 1.79 bits per heavy atom. The first-order valence-corrected chi connectivity index (χ1v) is 7.29. The zero-order valence-electron chi connectivity index (χ0n) is 13.3. The van der Waals surface area contributed by atoms with Gasteiger partial charge < -0.3 is 10.0 Å². The van der Waals surface area contributed by atoms with Crippen LogP contribution in [0, 0.1) is 18.8 Å². The Hall–Kier alpha value is -1.02. The van der Waals surface area contributed by atoms with E-state index in [2.05, 4.69) is 64.8 Å². The SMILES string of the molecule is Cc1ccc(C(C)C)cc1N(C)CC(CO)C(C)C. The average Bonchev–Trinajstić information content (AvgIpc) is 2.35. The summed E-state index contributed by atoms with van der Waals surface area (Å²) in [6, 6.07) is 6.70. The van der Waals surface area contributed by atoms with Gasteiger partial charge in [-0.3, -0.25) is 0 Å². The fourth-order valence-electron chi connectivity index (χ4n) is 2.33. The van der Waals surface area contributed by atoms with E-state index in [4.69, 9.17) is 0 Å². The van der Waals surface area contributed by atoms with Crippen molar-refractivity contribution in [1.29, 1.82) is 0 Å². The van der Waals surface area contributed by atoms with Crippen LogP contribution in [-0.2, 0) is 0 Å². The van der Waals surface area contributed by atoms with Crippen LogP contribution in [0.4, 0.5) is 5.69 Å². The lowest BCUT2D eigenvalue weighted by Crippen LogP contribution is -2.31. The molecule has 108 valence electrons. The predicted octanol–water partition coefficient (Wildman–Crippen LogP) is 3.82. The van der Waals surface area contributed by atoms with Crippen molar-refractivity contribution in [2.45, 2.75) is 40.5 Å². The zero-order valence-corrected chi connectivity index (χ0v) is 13.3. The molecule has 0 aromatic heterocycles. The first kappa shape index (κ1) is 16.0. The fourth-order valence-corrected chi connectivity index (χ4v) is 2.33. The third-order valence-electron chi connectivity index (χ3n) is 4.00. The smallest absolute Gasteiger partial charge is 0.0478 e. The molecule has 0 heterocycles. The molecule has 0 saturated carbocycles. The van der Waals surface area contributed by atoms with Crippen LogP contribution >= 0.6 is 0 Å². The van der Waals surface area contributed by atoms with Crippen molar-refractivity contribution in [3.63, 3.8) is 0 Å². The molecule has 0 aliphatic carbocycles. The summed E-state index contributed by atoms with van der Waals surface area (Å²) in [6.07, 6.45) is 0. The van der Waals surface area contributed by atoms with E-state index in [0.717, 1.165) is 6.54 Å². The van der Waals surface area contributed by atoms with E-state index in [-0.39, 0.29) is 6.61 Å². The number of nitrogens with zero attached hydrogens (tertiary/aromatic N) is 1. The molecule has 1 rings (SSSR count). The highest BCUT2D eigenvalue weighted by molar-refractivity contribution is 5.55. The second-order valence-electron chi connectivity index (χ2n) is 6.27. The van der Waals surface area contributed by atoms with Gasteiger partial charge in [0.25, 0.3) is 0 Å². The van der Waals surface area contributed by atoms with Crippen LogP contribution in [-0.4, -0.2) is 25.3 Å². The second-order valence-corrected chi connectivity index (χ2v) is 6.27. The summed E-state index contributed by atoms with van der Waals surface area (Å²) in [6.45, 7) is 12.1. The summed E-state index contributed by atoms with van der Waals surface area (Å²) in [5, 5.41) is 9.48. The van der Waals surface area contributed by atoms with Crippen LogP contribution in [0.1, 0.15) is 44.7 Å². The molecule has 19 heavy (non-hydrogen) atoms. The van der Waals surface area contributed by atoms with Crippen molar-refractivity contribution < 1.29 is 5.11 Å². The van der Waals surface area contributed by atoms with Crippen LogP contribution in [0.3, 0.4) is 0 Å². The molecule has 1 atom stereocenters. The molecule has 0 amide bonds. The minimum atomic E-state index is 0.255. The molecule has 1 N–H and O–H groups in total. The molecule has 0 aliphatic heterocycles. The molecule has 1 aromatic rings. The summed E-state index contributed by atoms with van der Waals surface area (Å²) < 4.78 is 0. The van der Waals surface area contributed by atoms with E-state index in [1.807, 2.05) is 0 Å². The van der Waals surface area contributed by atoms with Crippen molar-refractivity contribution in [3.8, 4) is 0 Å². The van der Waals surface area contributed by atoms with E-state index in [0.29, 0.717) is 17.8 Å². The van der Waals surface area contributed by atoms with Gasteiger partial charge in [-0.25, -0.2) is 0 Å². The molecular weight excluding hydrogens is 234 g/mol. The molecular formula is C17H29NO. The van der Waals surface area contributed by atoms with Gasteiger partial charge in [0.1, 0.15) is 0 Å².